The quantitative estimate of drug-likeness (QED) is 0.774. The summed E-state index contributed by atoms with van der Waals surface area (Å²) in [6.07, 6.45) is 1.65. The second-order valence-electron chi connectivity index (χ2n) is 3.22. The van der Waals surface area contributed by atoms with Crippen molar-refractivity contribution in [1.82, 2.24) is 4.57 Å². The first-order chi connectivity index (χ1) is 7.25. The van der Waals surface area contributed by atoms with Crippen LogP contribution in [0.2, 0.25) is 5.02 Å². The first kappa shape index (κ1) is 20.0. The monoisotopic (exact) mass is 335 g/mol. The summed E-state index contributed by atoms with van der Waals surface area (Å²) in [6.45, 7) is 0.549. The van der Waals surface area contributed by atoms with Gasteiger partial charge >= 0.3 is 18.6 Å². The van der Waals surface area contributed by atoms with Crippen LogP contribution in [0.3, 0.4) is 0 Å². The molecule has 1 heterocycles. The Balaban J connectivity index is 0. The molecule has 0 bridgehead atoms. The minimum atomic E-state index is -0.0244. The number of hydrogen-bond donors (Lipinski definition) is 0. The van der Waals surface area contributed by atoms with E-state index < -0.39 is 0 Å². The maximum absolute atomic E-state index is 11.4. The SMILES string of the molecule is O=c1cc[c-]cn1Cc1ccc(Cl)cc1.[CH3-].[V+2].[V]. The van der Waals surface area contributed by atoms with E-state index in [1.807, 2.05) is 24.3 Å². The van der Waals surface area contributed by atoms with Crippen LogP contribution in [0.15, 0.2) is 47.4 Å². The number of aromatic nitrogens is 1. The number of nitrogens with zero attached hydrogens (tertiary/aromatic N) is 1. The van der Waals surface area contributed by atoms with E-state index in [1.165, 1.54) is 6.07 Å². The summed E-state index contributed by atoms with van der Waals surface area (Å²) in [7, 11) is 0. The predicted molar refractivity (Wildman–Crippen MR) is 66.5 cm³/mol. The standard InChI is InChI=1S/C12H9ClNO.CH3.2V/c13-11-6-4-10(5-7-11)9-14-8-2-1-3-12(14)15;;;/h1,3-8H,9H2;1H3;;/q2*-1;;+2. The molecule has 0 amide bonds. The molecule has 18 heavy (non-hydrogen) atoms. The zero-order valence-electron chi connectivity index (χ0n) is 9.88. The fourth-order valence-corrected chi connectivity index (χ4v) is 1.45. The molecule has 5 heteroatoms. The van der Waals surface area contributed by atoms with Crippen LogP contribution in [0.4, 0.5) is 0 Å². The Morgan fingerprint density at radius 2 is 1.78 bits per heavy atom. The van der Waals surface area contributed by atoms with Crippen LogP contribution in [0.25, 0.3) is 0 Å². The molecule has 0 saturated heterocycles. The van der Waals surface area contributed by atoms with Gasteiger partial charge in [-0.3, -0.25) is 4.79 Å². The van der Waals surface area contributed by atoms with Gasteiger partial charge in [-0.2, -0.15) is 0 Å². The minimum absolute atomic E-state index is 0. The third-order valence-electron chi connectivity index (χ3n) is 2.10. The van der Waals surface area contributed by atoms with Gasteiger partial charge in [0.1, 0.15) is 0 Å². The Bertz CT molecular complexity index is 511. The van der Waals surface area contributed by atoms with E-state index >= 15 is 0 Å². The van der Waals surface area contributed by atoms with E-state index in [1.54, 1.807) is 16.8 Å². The molecule has 2 radical (unpaired) electrons. The molecule has 0 saturated carbocycles. The smallest absolute Gasteiger partial charge is 0.358 e. The molecule has 92 valence electrons. The Kier molecular flexibility index (Phi) is 10.6. The van der Waals surface area contributed by atoms with E-state index in [9.17, 15) is 4.79 Å². The zero-order chi connectivity index (χ0) is 10.7. The van der Waals surface area contributed by atoms with Crippen LogP contribution in [0, 0.1) is 13.5 Å². The summed E-state index contributed by atoms with van der Waals surface area (Å²) in [4.78, 5) is 11.4. The van der Waals surface area contributed by atoms with E-state index in [4.69, 9.17) is 11.6 Å². The van der Waals surface area contributed by atoms with Crippen molar-refractivity contribution >= 4 is 11.6 Å². The molecule has 2 aromatic rings. The molecule has 0 N–H and O–H groups in total. The average Bonchev–Trinajstić information content (AvgIpc) is 2.25. The van der Waals surface area contributed by atoms with Crippen molar-refractivity contribution in [2.75, 3.05) is 0 Å². The van der Waals surface area contributed by atoms with E-state index in [-0.39, 0.29) is 50.1 Å². The first-order valence-electron chi connectivity index (χ1n) is 4.57. The average molecular weight is 336 g/mol. The van der Waals surface area contributed by atoms with Crippen molar-refractivity contribution in [3.8, 4) is 0 Å². The first-order valence-corrected chi connectivity index (χ1v) is 4.94. The zero-order valence-corrected chi connectivity index (χ0v) is 13.4. The predicted octanol–water partition coefficient (Wildman–Crippen LogP) is 2.80. The molecular weight excluding hydrogens is 323 g/mol. The van der Waals surface area contributed by atoms with Crippen LogP contribution in [-0.4, -0.2) is 4.57 Å². The summed E-state index contributed by atoms with van der Waals surface area (Å²) in [6, 6.07) is 13.4. The summed E-state index contributed by atoms with van der Waals surface area (Å²) < 4.78 is 1.60. The van der Waals surface area contributed by atoms with Crippen molar-refractivity contribution < 1.29 is 37.1 Å². The molecule has 0 spiro atoms. The van der Waals surface area contributed by atoms with Gasteiger partial charge in [0.15, 0.2) is 5.56 Å². The summed E-state index contributed by atoms with van der Waals surface area (Å²) >= 11 is 5.77. The Labute approximate surface area is 136 Å². The largest absolute Gasteiger partial charge is 2.00 e. The van der Waals surface area contributed by atoms with Gasteiger partial charge in [0, 0.05) is 30.1 Å². The molecule has 0 aliphatic heterocycles. The van der Waals surface area contributed by atoms with Gasteiger partial charge in [0.25, 0.3) is 0 Å². The summed E-state index contributed by atoms with van der Waals surface area (Å²) in [5.74, 6) is 0. The number of pyridine rings is 1. The van der Waals surface area contributed by atoms with Crippen LogP contribution >= 0.6 is 11.6 Å². The Morgan fingerprint density at radius 1 is 1.17 bits per heavy atom. The molecule has 2 nitrogen and oxygen atoms in total. The number of hydrogen-bond acceptors (Lipinski definition) is 1. The second-order valence-corrected chi connectivity index (χ2v) is 3.66. The fourth-order valence-electron chi connectivity index (χ4n) is 1.32. The number of benzene rings is 1. The second kappa shape index (κ2) is 9.54. The maximum atomic E-state index is 11.4. The maximum Gasteiger partial charge on any atom is 2.00 e. The van der Waals surface area contributed by atoms with E-state index in [2.05, 4.69) is 6.07 Å². The van der Waals surface area contributed by atoms with Crippen LogP contribution in [0.5, 0.6) is 0 Å². The molecule has 0 atom stereocenters. The van der Waals surface area contributed by atoms with Crippen molar-refractivity contribution in [1.29, 1.82) is 0 Å². The fraction of sp³-hybridized carbons (Fsp3) is 0.0769. The Morgan fingerprint density at radius 3 is 2.33 bits per heavy atom. The normalized spacial score (nSPS) is 8.50. The van der Waals surface area contributed by atoms with Crippen LogP contribution < -0.4 is 5.56 Å². The van der Waals surface area contributed by atoms with Crippen molar-refractivity contribution in [3.63, 3.8) is 0 Å². The number of halogens is 1. The van der Waals surface area contributed by atoms with Crippen LogP contribution in [0.1, 0.15) is 5.56 Å². The molecule has 1 aromatic heterocycles. The third-order valence-corrected chi connectivity index (χ3v) is 2.35. The van der Waals surface area contributed by atoms with Gasteiger partial charge in [-0.1, -0.05) is 29.9 Å². The number of rotatable bonds is 2. The van der Waals surface area contributed by atoms with Gasteiger partial charge in [0.05, 0.1) is 0 Å². The molecule has 2 rings (SSSR count). The molecule has 0 fully saturated rings. The van der Waals surface area contributed by atoms with Crippen molar-refractivity contribution in [2.45, 2.75) is 6.54 Å². The van der Waals surface area contributed by atoms with Crippen molar-refractivity contribution in [3.05, 3.63) is 77.0 Å². The molecule has 1 aromatic carbocycles. The summed E-state index contributed by atoms with van der Waals surface area (Å²) in [5.41, 5.74) is 1.02. The Hall–Kier alpha value is -0.371. The van der Waals surface area contributed by atoms with Crippen molar-refractivity contribution in [2.24, 2.45) is 0 Å². The topological polar surface area (TPSA) is 22.0 Å². The van der Waals surface area contributed by atoms with Gasteiger partial charge < -0.3 is 12.0 Å². The molecule has 0 aliphatic rings. The van der Waals surface area contributed by atoms with Gasteiger partial charge in [-0.05, 0) is 17.7 Å². The molecule has 0 aliphatic carbocycles. The van der Waals surface area contributed by atoms with Crippen LogP contribution in [-0.2, 0) is 43.7 Å². The van der Waals surface area contributed by atoms with Gasteiger partial charge in [-0.15, -0.1) is 6.07 Å². The minimum Gasteiger partial charge on any atom is -0.358 e. The molecular formula is C13H12ClNOV2. The van der Waals surface area contributed by atoms with E-state index in [0.717, 1.165) is 5.56 Å². The van der Waals surface area contributed by atoms with Gasteiger partial charge in [0.2, 0.25) is 0 Å². The van der Waals surface area contributed by atoms with E-state index in [0.29, 0.717) is 11.6 Å². The summed E-state index contributed by atoms with van der Waals surface area (Å²) in [5, 5.41) is 0.700. The van der Waals surface area contributed by atoms with Gasteiger partial charge in [-0.25, -0.2) is 12.1 Å². The third kappa shape index (κ3) is 5.51. The molecule has 0 unspecified atom stereocenters.